The maximum atomic E-state index is 12.9. The largest absolute Gasteiger partial charge is 0.334 e. The molecule has 25 heavy (non-hydrogen) atoms. The van der Waals surface area contributed by atoms with E-state index in [0.29, 0.717) is 25.9 Å². The predicted octanol–water partition coefficient (Wildman–Crippen LogP) is 3.04. The van der Waals surface area contributed by atoms with Crippen molar-refractivity contribution in [3.05, 3.63) is 71.8 Å². The van der Waals surface area contributed by atoms with Crippen LogP contribution in [-0.4, -0.2) is 30.7 Å². The van der Waals surface area contributed by atoms with Crippen LogP contribution < -0.4 is 0 Å². The summed E-state index contributed by atoms with van der Waals surface area (Å²) in [5.74, 6) is 0.326. The minimum absolute atomic E-state index is 0.0230. The molecule has 1 heterocycles. The molecule has 0 aliphatic carbocycles. The maximum absolute atomic E-state index is 12.9. The summed E-state index contributed by atoms with van der Waals surface area (Å²) in [4.78, 5) is 14.7. The van der Waals surface area contributed by atoms with E-state index in [1.165, 1.54) is 0 Å². The third-order valence-electron chi connectivity index (χ3n) is 4.58. The van der Waals surface area contributed by atoms with Gasteiger partial charge in [-0.05, 0) is 23.5 Å². The van der Waals surface area contributed by atoms with E-state index in [1.807, 2.05) is 65.6 Å². The number of rotatable bonds is 6. The van der Waals surface area contributed by atoms with Crippen LogP contribution in [-0.2, 0) is 27.7 Å². The molecule has 1 aliphatic heterocycles. The molecule has 1 amide bonds. The molecule has 0 saturated carbocycles. The molecule has 1 saturated heterocycles. The summed E-state index contributed by atoms with van der Waals surface area (Å²) in [6.07, 6.45) is 0.900. The highest BCUT2D eigenvalue weighted by molar-refractivity contribution is 7.91. The molecule has 0 radical (unpaired) electrons. The number of carbonyl (C=O) groups is 1. The summed E-state index contributed by atoms with van der Waals surface area (Å²) in [6.45, 7) is 1.07. The van der Waals surface area contributed by atoms with Gasteiger partial charge in [-0.15, -0.1) is 0 Å². The van der Waals surface area contributed by atoms with E-state index < -0.39 is 9.84 Å². The number of carbonyl (C=O) groups excluding carboxylic acids is 1. The lowest BCUT2D eigenvalue weighted by atomic mass is 10.0. The third kappa shape index (κ3) is 5.16. The van der Waals surface area contributed by atoms with Crippen molar-refractivity contribution in [3.8, 4) is 0 Å². The zero-order chi connectivity index (χ0) is 17.7. The molecule has 0 aromatic heterocycles. The first kappa shape index (κ1) is 17.7. The number of nitrogens with zero attached hydrogens (tertiary/aromatic N) is 1. The fourth-order valence-corrected chi connectivity index (χ4v) is 5.11. The Kier molecular flexibility index (Phi) is 5.53. The number of hydrogen-bond acceptors (Lipinski definition) is 3. The van der Waals surface area contributed by atoms with E-state index in [9.17, 15) is 13.2 Å². The van der Waals surface area contributed by atoms with Crippen molar-refractivity contribution >= 4 is 15.7 Å². The highest BCUT2D eigenvalue weighted by atomic mass is 32.2. The summed E-state index contributed by atoms with van der Waals surface area (Å²) in [7, 11) is -2.96. The van der Waals surface area contributed by atoms with Gasteiger partial charge in [0.15, 0.2) is 9.84 Å². The molecule has 5 heteroatoms. The van der Waals surface area contributed by atoms with Crippen molar-refractivity contribution < 1.29 is 13.2 Å². The second-order valence-corrected chi connectivity index (χ2v) is 8.92. The van der Waals surface area contributed by atoms with Crippen LogP contribution in [0.25, 0.3) is 0 Å². The van der Waals surface area contributed by atoms with Crippen LogP contribution in [0.4, 0.5) is 0 Å². The molecule has 2 aromatic rings. The third-order valence-corrected chi connectivity index (χ3v) is 6.41. The molecule has 0 N–H and O–H groups in total. The van der Waals surface area contributed by atoms with Crippen LogP contribution >= 0.6 is 0 Å². The minimum Gasteiger partial charge on any atom is -0.334 e. The first-order chi connectivity index (χ1) is 12.0. The Bertz CT molecular complexity index is 762. The quantitative estimate of drug-likeness (QED) is 0.798. The fraction of sp³-hybridized carbons (Fsp3) is 0.350. The first-order valence-electron chi connectivity index (χ1n) is 8.58. The van der Waals surface area contributed by atoms with Gasteiger partial charge in [0, 0.05) is 19.5 Å². The topological polar surface area (TPSA) is 54.5 Å². The standard InChI is InChI=1S/C20H23NO3S/c22-20(13-19-11-12-25(23,24)16-19)21(14-17-7-3-1-4-8-17)15-18-9-5-2-6-10-18/h1-10,19H,11-16H2. The van der Waals surface area contributed by atoms with Gasteiger partial charge in [-0.2, -0.15) is 0 Å². The number of sulfone groups is 1. The Labute approximate surface area is 149 Å². The van der Waals surface area contributed by atoms with Crippen molar-refractivity contribution in [2.75, 3.05) is 11.5 Å². The second kappa shape index (κ2) is 7.83. The van der Waals surface area contributed by atoms with Crippen LogP contribution in [0.3, 0.4) is 0 Å². The highest BCUT2D eigenvalue weighted by Gasteiger charge is 2.30. The SMILES string of the molecule is O=C(CC1CCS(=O)(=O)C1)N(Cc1ccccc1)Cc1ccccc1. The van der Waals surface area contributed by atoms with Crippen LogP contribution in [0.1, 0.15) is 24.0 Å². The van der Waals surface area contributed by atoms with Crippen molar-refractivity contribution in [3.63, 3.8) is 0 Å². The smallest absolute Gasteiger partial charge is 0.223 e. The van der Waals surface area contributed by atoms with Crippen molar-refractivity contribution in [1.82, 2.24) is 4.90 Å². The summed E-state index contributed by atoms with van der Waals surface area (Å²) in [5, 5.41) is 0. The number of hydrogen-bond donors (Lipinski definition) is 0. The lowest BCUT2D eigenvalue weighted by molar-refractivity contribution is -0.133. The molecular formula is C20H23NO3S. The highest BCUT2D eigenvalue weighted by Crippen LogP contribution is 2.23. The Hall–Kier alpha value is -2.14. The van der Waals surface area contributed by atoms with E-state index in [4.69, 9.17) is 0 Å². The van der Waals surface area contributed by atoms with Gasteiger partial charge in [0.1, 0.15) is 0 Å². The molecule has 4 nitrogen and oxygen atoms in total. The van der Waals surface area contributed by atoms with E-state index in [0.717, 1.165) is 11.1 Å². The molecule has 3 rings (SSSR count). The fourth-order valence-electron chi connectivity index (χ4n) is 3.25. The lowest BCUT2D eigenvalue weighted by Crippen LogP contribution is -2.31. The van der Waals surface area contributed by atoms with Crippen LogP contribution in [0.5, 0.6) is 0 Å². The molecule has 0 bridgehead atoms. The average Bonchev–Trinajstić information content (AvgIpc) is 2.94. The van der Waals surface area contributed by atoms with Gasteiger partial charge >= 0.3 is 0 Å². The molecule has 132 valence electrons. The Morgan fingerprint density at radius 3 is 1.88 bits per heavy atom. The number of benzene rings is 2. The van der Waals surface area contributed by atoms with E-state index in [-0.39, 0.29) is 23.3 Å². The van der Waals surface area contributed by atoms with Crippen molar-refractivity contribution in [1.29, 1.82) is 0 Å². The monoisotopic (exact) mass is 357 g/mol. The number of amides is 1. The van der Waals surface area contributed by atoms with Gasteiger partial charge in [0.2, 0.25) is 5.91 Å². The zero-order valence-electron chi connectivity index (χ0n) is 14.2. The molecule has 1 atom stereocenters. The van der Waals surface area contributed by atoms with Gasteiger partial charge in [-0.1, -0.05) is 60.7 Å². The van der Waals surface area contributed by atoms with Gasteiger partial charge in [-0.3, -0.25) is 4.79 Å². The van der Waals surface area contributed by atoms with Gasteiger partial charge in [0.05, 0.1) is 11.5 Å². The Morgan fingerprint density at radius 2 is 1.44 bits per heavy atom. The zero-order valence-corrected chi connectivity index (χ0v) is 15.0. The van der Waals surface area contributed by atoms with Crippen molar-refractivity contribution in [2.45, 2.75) is 25.9 Å². The Morgan fingerprint density at radius 1 is 0.920 bits per heavy atom. The van der Waals surface area contributed by atoms with Crippen molar-refractivity contribution in [2.24, 2.45) is 5.92 Å². The maximum Gasteiger partial charge on any atom is 0.223 e. The minimum atomic E-state index is -2.96. The average molecular weight is 357 g/mol. The van der Waals surface area contributed by atoms with Crippen LogP contribution in [0.15, 0.2) is 60.7 Å². The predicted molar refractivity (Wildman–Crippen MR) is 98.5 cm³/mol. The molecule has 1 fully saturated rings. The second-order valence-electron chi connectivity index (χ2n) is 6.69. The van der Waals surface area contributed by atoms with Crippen LogP contribution in [0.2, 0.25) is 0 Å². The Balaban J connectivity index is 1.71. The summed E-state index contributed by atoms with van der Waals surface area (Å²) in [6, 6.07) is 19.8. The van der Waals surface area contributed by atoms with Gasteiger partial charge in [-0.25, -0.2) is 8.42 Å². The first-order valence-corrected chi connectivity index (χ1v) is 10.4. The molecule has 2 aromatic carbocycles. The van der Waals surface area contributed by atoms with E-state index in [2.05, 4.69) is 0 Å². The van der Waals surface area contributed by atoms with Gasteiger partial charge < -0.3 is 4.90 Å². The van der Waals surface area contributed by atoms with Crippen LogP contribution in [0, 0.1) is 5.92 Å². The summed E-state index contributed by atoms with van der Waals surface area (Å²) < 4.78 is 23.3. The van der Waals surface area contributed by atoms with E-state index in [1.54, 1.807) is 0 Å². The summed E-state index contributed by atoms with van der Waals surface area (Å²) in [5.41, 5.74) is 2.15. The molecule has 0 spiro atoms. The molecule has 1 unspecified atom stereocenters. The molecule has 1 aliphatic rings. The normalized spacial score (nSPS) is 18.8. The van der Waals surface area contributed by atoms with Gasteiger partial charge in [0.25, 0.3) is 0 Å². The van der Waals surface area contributed by atoms with E-state index >= 15 is 0 Å². The summed E-state index contributed by atoms with van der Waals surface area (Å²) >= 11 is 0. The lowest BCUT2D eigenvalue weighted by Gasteiger charge is -2.24. The molecular weight excluding hydrogens is 334 g/mol.